The average molecular weight is 233 g/mol. The molecule has 1 saturated heterocycles. The quantitative estimate of drug-likeness (QED) is 0.749. The van der Waals surface area contributed by atoms with Gasteiger partial charge in [0.2, 0.25) is 0 Å². The molecule has 0 atom stereocenters. The van der Waals surface area contributed by atoms with Crippen molar-refractivity contribution in [2.24, 2.45) is 0 Å². The van der Waals surface area contributed by atoms with Gasteiger partial charge in [-0.25, -0.2) is 4.79 Å². The van der Waals surface area contributed by atoms with Crippen LogP contribution in [0.15, 0.2) is 24.3 Å². The smallest absolute Gasteiger partial charge is 0.410 e. The lowest BCUT2D eigenvalue weighted by atomic mass is 10.0. The van der Waals surface area contributed by atoms with Gasteiger partial charge in [-0.1, -0.05) is 31.2 Å². The Morgan fingerprint density at radius 3 is 2.82 bits per heavy atom. The number of ether oxygens (including phenoxy) is 1. The van der Waals surface area contributed by atoms with Gasteiger partial charge in [-0.15, -0.1) is 0 Å². The molecular weight excluding hydrogens is 218 g/mol. The number of nitrogens with zero attached hydrogens (tertiary/aromatic N) is 1. The van der Waals surface area contributed by atoms with Gasteiger partial charge in [0.15, 0.2) is 5.78 Å². The first-order valence-electron chi connectivity index (χ1n) is 5.75. The van der Waals surface area contributed by atoms with Crippen molar-refractivity contribution in [3.63, 3.8) is 0 Å². The van der Waals surface area contributed by atoms with E-state index in [0.29, 0.717) is 31.7 Å². The summed E-state index contributed by atoms with van der Waals surface area (Å²) in [5.41, 5.74) is 1.59. The maximum Gasteiger partial charge on any atom is 0.410 e. The maximum atomic E-state index is 11.8. The molecule has 0 radical (unpaired) electrons. The fourth-order valence-corrected chi connectivity index (χ4v) is 1.90. The Kier molecular flexibility index (Phi) is 3.42. The number of amides is 1. The topological polar surface area (TPSA) is 46.6 Å². The maximum absolute atomic E-state index is 11.8. The van der Waals surface area contributed by atoms with Gasteiger partial charge >= 0.3 is 6.09 Å². The molecule has 0 spiro atoms. The zero-order chi connectivity index (χ0) is 12.3. The number of cyclic esters (lactones) is 1. The second kappa shape index (κ2) is 4.99. The van der Waals surface area contributed by atoms with Crippen molar-refractivity contribution in [1.29, 1.82) is 0 Å². The highest BCUT2D eigenvalue weighted by molar-refractivity contribution is 5.97. The lowest BCUT2D eigenvalue weighted by Gasteiger charge is -2.14. The molecule has 0 bridgehead atoms. The van der Waals surface area contributed by atoms with Crippen molar-refractivity contribution in [2.75, 3.05) is 13.2 Å². The number of Topliss-reactive ketones (excluding diaryl/α,β-unsaturated/α-hetero) is 1. The minimum absolute atomic E-state index is 0.105. The van der Waals surface area contributed by atoms with Crippen LogP contribution in [0.1, 0.15) is 29.3 Å². The third-order valence-electron chi connectivity index (χ3n) is 2.85. The second-order valence-electron chi connectivity index (χ2n) is 3.97. The van der Waals surface area contributed by atoms with Crippen LogP contribution in [0.5, 0.6) is 0 Å². The fraction of sp³-hybridized carbons (Fsp3) is 0.385. The zero-order valence-electron chi connectivity index (χ0n) is 9.81. The van der Waals surface area contributed by atoms with Crippen LogP contribution in [0.2, 0.25) is 0 Å². The predicted molar refractivity (Wildman–Crippen MR) is 62.8 cm³/mol. The van der Waals surface area contributed by atoms with Gasteiger partial charge in [0.05, 0.1) is 6.54 Å². The molecule has 4 heteroatoms. The molecule has 1 aromatic carbocycles. The van der Waals surface area contributed by atoms with E-state index in [1.54, 1.807) is 4.90 Å². The highest BCUT2D eigenvalue weighted by Crippen LogP contribution is 2.16. The second-order valence-corrected chi connectivity index (χ2v) is 3.97. The molecule has 17 heavy (non-hydrogen) atoms. The molecule has 0 unspecified atom stereocenters. The fourth-order valence-electron chi connectivity index (χ4n) is 1.90. The van der Waals surface area contributed by atoms with E-state index in [-0.39, 0.29) is 11.9 Å². The molecule has 1 aliphatic rings. The number of carbonyl (C=O) groups excluding carboxylic acids is 2. The van der Waals surface area contributed by atoms with Crippen LogP contribution in [-0.2, 0) is 11.3 Å². The van der Waals surface area contributed by atoms with Gasteiger partial charge in [-0.3, -0.25) is 4.79 Å². The standard InChI is InChI=1S/C13H15NO3/c1-2-12(15)11-6-4-3-5-10(11)9-14-7-8-17-13(14)16/h3-6H,2,7-9H2,1H3. The molecule has 0 saturated carbocycles. The molecule has 90 valence electrons. The molecule has 1 aromatic rings. The summed E-state index contributed by atoms with van der Waals surface area (Å²) in [5.74, 6) is 0.105. The van der Waals surface area contributed by atoms with Gasteiger partial charge in [-0.05, 0) is 5.56 Å². The molecule has 1 heterocycles. The van der Waals surface area contributed by atoms with Crippen molar-refractivity contribution in [2.45, 2.75) is 19.9 Å². The Morgan fingerprint density at radius 2 is 2.18 bits per heavy atom. The van der Waals surface area contributed by atoms with E-state index in [1.165, 1.54) is 0 Å². The predicted octanol–water partition coefficient (Wildman–Crippen LogP) is 2.23. The van der Waals surface area contributed by atoms with Gasteiger partial charge in [0.1, 0.15) is 6.61 Å². The first-order chi connectivity index (χ1) is 8.22. The molecule has 1 aliphatic heterocycles. The van der Waals surface area contributed by atoms with Crippen LogP contribution >= 0.6 is 0 Å². The Hall–Kier alpha value is -1.84. The first kappa shape index (κ1) is 11.6. The summed E-state index contributed by atoms with van der Waals surface area (Å²) < 4.78 is 4.87. The SMILES string of the molecule is CCC(=O)c1ccccc1CN1CCOC1=O. The van der Waals surface area contributed by atoms with E-state index >= 15 is 0 Å². The monoisotopic (exact) mass is 233 g/mol. The summed E-state index contributed by atoms with van der Waals surface area (Å²) in [6.07, 6.45) is 0.172. The number of rotatable bonds is 4. The Balaban J connectivity index is 2.20. The van der Waals surface area contributed by atoms with Crippen LogP contribution in [0.3, 0.4) is 0 Å². The van der Waals surface area contributed by atoms with Crippen LogP contribution in [0, 0.1) is 0 Å². The molecule has 2 rings (SSSR count). The van der Waals surface area contributed by atoms with Gasteiger partial charge in [-0.2, -0.15) is 0 Å². The van der Waals surface area contributed by atoms with Crippen LogP contribution < -0.4 is 0 Å². The van der Waals surface area contributed by atoms with Gasteiger partial charge in [0, 0.05) is 18.5 Å². The van der Waals surface area contributed by atoms with Crippen molar-refractivity contribution in [3.05, 3.63) is 35.4 Å². The van der Waals surface area contributed by atoms with E-state index in [9.17, 15) is 9.59 Å². The summed E-state index contributed by atoms with van der Waals surface area (Å²) in [5, 5.41) is 0. The number of benzene rings is 1. The molecule has 4 nitrogen and oxygen atoms in total. The Morgan fingerprint density at radius 1 is 1.41 bits per heavy atom. The lowest BCUT2D eigenvalue weighted by Crippen LogP contribution is -2.24. The summed E-state index contributed by atoms with van der Waals surface area (Å²) in [6, 6.07) is 7.41. The minimum Gasteiger partial charge on any atom is -0.448 e. The van der Waals surface area contributed by atoms with Gasteiger partial charge < -0.3 is 9.64 Å². The summed E-state index contributed by atoms with van der Waals surface area (Å²) in [7, 11) is 0. The number of carbonyl (C=O) groups is 2. The molecule has 1 amide bonds. The van der Waals surface area contributed by atoms with E-state index in [2.05, 4.69) is 0 Å². The molecule has 1 fully saturated rings. The normalized spacial score (nSPS) is 14.9. The first-order valence-corrected chi connectivity index (χ1v) is 5.75. The number of ketones is 1. The van der Waals surface area contributed by atoms with Crippen LogP contribution in [0.25, 0.3) is 0 Å². The highest BCUT2D eigenvalue weighted by atomic mass is 16.6. The Bertz CT molecular complexity index is 442. The largest absolute Gasteiger partial charge is 0.448 e. The molecule has 0 aliphatic carbocycles. The number of hydrogen-bond donors (Lipinski definition) is 0. The third-order valence-corrected chi connectivity index (χ3v) is 2.85. The van der Waals surface area contributed by atoms with E-state index in [4.69, 9.17) is 4.74 Å². The highest BCUT2D eigenvalue weighted by Gasteiger charge is 2.23. The summed E-state index contributed by atoms with van der Waals surface area (Å²) >= 11 is 0. The number of hydrogen-bond acceptors (Lipinski definition) is 3. The van der Waals surface area contributed by atoms with Crippen molar-refractivity contribution in [3.8, 4) is 0 Å². The van der Waals surface area contributed by atoms with Gasteiger partial charge in [0.25, 0.3) is 0 Å². The minimum atomic E-state index is -0.302. The molecule has 0 aromatic heterocycles. The molecule has 0 N–H and O–H groups in total. The van der Waals surface area contributed by atoms with E-state index < -0.39 is 0 Å². The van der Waals surface area contributed by atoms with Crippen LogP contribution in [0.4, 0.5) is 4.79 Å². The average Bonchev–Trinajstić information content (AvgIpc) is 2.75. The zero-order valence-corrected chi connectivity index (χ0v) is 9.81. The summed E-state index contributed by atoms with van der Waals surface area (Å²) in [6.45, 7) is 3.31. The third kappa shape index (κ3) is 2.46. The van der Waals surface area contributed by atoms with E-state index in [0.717, 1.165) is 5.56 Å². The van der Waals surface area contributed by atoms with Crippen LogP contribution in [-0.4, -0.2) is 29.9 Å². The summed E-state index contributed by atoms with van der Waals surface area (Å²) in [4.78, 5) is 24.7. The van der Waals surface area contributed by atoms with E-state index in [1.807, 2.05) is 31.2 Å². The Labute approximate surface area is 100 Å². The molecular formula is C13H15NO3. The lowest BCUT2D eigenvalue weighted by molar-refractivity contribution is 0.0986. The van der Waals surface area contributed by atoms with Crippen molar-refractivity contribution >= 4 is 11.9 Å². The van der Waals surface area contributed by atoms with Crippen molar-refractivity contribution < 1.29 is 14.3 Å². The van der Waals surface area contributed by atoms with Crippen molar-refractivity contribution in [1.82, 2.24) is 4.90 Å².